The minimum atomic E-state index is -0.123. The number of imidazole rings is 1. The third-order valence-electron chi connectivity index (χ3n) is 6.40. The van der Waals surface area contributed by atoms with E-state index in [0.717, 1.165) is 48.9 Å². The molecule has 0 bridgehead atoms. The number of amides is 2. The van der Waals surface area contributed by atoms with Crippen molar-refractivity contribution < 1.29 is 9.59 Å². The number of fused-ring (bicyclic) bond motifs is 1. The van der Waals surface area contributed by atoms with Gasteiger partial charge in [-0.05, 0) is 66.8 Å². The molecule has 0 radical (unpaired) electrons. The minimum Gasteiger partial charge on any atom is -0.339 e. The monoisotopic (exact) mass is 420 g/mol. The fourth-order valence-electron chi connectivity index (χ4n) is 4.92. The summed E-state index contributed by atoms with van der Waals surface area (Å²) in [5, 5.41) is 5.02. The van der Waals surface area contributed by atoms with Gasteiger partial charge in [-0.25, -0.2) is 4.98 Å². The van der Waals surface area contributed by atoms with Crippen LogP contribution in [-0.2, 0) is 4.79 Å². The van der Waals surface area contributed by atoms with E-state index in [2.05, 4.69) is 22.5 Å². The molecule has 1 spiro atoms. The molecule has 1 aromatic carbocycles. The number of carbonyl (C=O) groups excluding carboxylic acids is 2. The number of nitrogens with one attached hydrogen (secondary N) is 1. The van der Waals surface area contributed by atoms with E-state index < -0.39 is 0 Å². The summed E-state index contributed by atoms with van der Waals surface area (Å²) in [4.78, 5) is 32.1. The first-order chi connectivity index (χ1) is 14.5. The number of benzene rings is 1. The van der Waals surface area contributed by atoms with Gasteiger partial charge in [-0.1, -0.05) is 18.7 Å². The van der Waals surface area contributed by atoms with Gasteiger partial charge in [0.1, 0.15) is 0 Å². The fourth-order valence-corrected chi connectivity index (χ4v) is 5.72. The lowest BCUT2D eigenvalue weighted by molar-refractivity contribution is -0.125. The average Bonchev–Trinajstić information content (AvgIpc) is 3.42. The second-order valence-electron chi connectivity index (χ2n) is 8.51. The average molecular weight is 421 g/mol. The zero-order valence-electron chi connectivity index (χ0n) is 16.9. The van der Waals surface area contributed by atoms with Gasteiger partial charge in [-0.3, -0.25) is 14.9 Å². The van der Waals surface area contributed by atoms with Gasteiger partial charge in [0.15, 0.2) is 0 Å². The van der Waals surface area contributed by atoms with Crippen LogP contribution in [0.15, 0.2) is 48.4 Å². The lowest BCUT2D eigenvalue weighted by atomic mass is 9.65. The molecule has 30 heavy (non-hydrogen) atoms. The number of aromatic nitrogens is 2. The van der Waals surface area contributed by atoms with Crippen LogP contribution in [0.2, 0.25) is 0 Å². The zero-order chi connectivity index (χ0) is 20.9. The highest BCUT2D eigenvalue weighted by molar-refractivity contribution is 7.12. The van der Waals surface area contributed by atoms with Crippen molar-refractivity contribution in [1.82, 2.24) is 14.5 Å². The van der Waals surface area contributed by atoms with Gasteiger partial charge in [-0.2, -0.15) is 0 Å². The van der Waals surface area contributed by atoms with Crippen LogP contribution < -0.4 is 5.32 Å². The predicted octanol–water partition coefficient (Wildman–Crippen LogP) is 4.40. The van der Waals surface area contributed by atoms with Crippen LogP contribution in [0.5, 0.6) is 0 Å². The molecule has 1 saturated heterocycles. The quantitative estimate of drug-likeness (QED) is 0.636. The number of hydrogen-bond donors (Lipinski definition) is 1. The first-order valence-electron chi connectivity index (χ1n) is 10.2. The number of rotatable bonds is 4. The molecule has 1 N–H and O–H groups in total. The molecule has 2 aliphatic rings. The Balaban J connectivity index is 1.41. The van der Waals surface area contributed by atoms with E-state index in [1.54, 1.807) is 0 Å². The number of anilines is 1. The van der Waals surface area contributed by atoms with Gasteiger partial charge in [0.2, 0.25) is 11.9 Å². The lowest BCUT2D eigenvalue weighted by Crippen LogP contribution is -2.42. The molecule has 0 atom stereocenters. The number of thiophene rings is 1. The van der Waals surface area contributed by atoms with E-state index in [0.29, 0.717) is 10.8 Å². The SMILES string of the molecule is C=CC(=O)N1CCC2(CC(n3c(NC(=O)c4cc(C)cs4)nc4ccccc43)C2)C1. The number of para-hydroxylation sites is 2. The summed E-state index contributed by atoms with van der Waals surface area (Å²) in [5.74, 6) is 0.494. The van der Waals surface area contributed by atoms with Crippen molar-refractivity contribution in [2.45, 2.75) is 32.2 Å². The molecule has 1 saturated carbocycles. The molecule has 0 unspecified atom stereocenters. The van der Waals surface area contributed by atoms with Crippen molar-refractivity contribution in [3.63, 3.8) is 0 Å². The summed E-state index contributed by atoms with van der Waals surface area (Å²) in [6, 6.07) is 10.2. The van der Waals surface area contributed by atoms with E-state index in [4.69, 9.17) is 4.98 Å². The number of hydrogen-bond acceptors (Lipinski definition) is 4. The Morgan fingerprint density at radius 3 is 2.87 bits per heavy atom. The highest BCUT2D eigenvalue weighted by Gasteiger charge is 2.50. The molecule has 5 rings (SSSR count). The molecule has 3 aromatic rings. The topological polar surface area (TPSA) is 67.2 Å². The molecule has 6 nitrogen and oxygen atoms in total. The fraction of sp³-hybridized carbons (Fsp3) is 0.348. The Hall–Kier alpha value is -2.93. The lowest BCUT2D eigenvalue weighted by Gasteiger charge is -2.46. The van der Waals surface area contributed by atoms with Crippen LogP contribution in [0.1, 0.15) is 40.5 Å². The van der Waals surface area contributed by atoms with E-state index in [1.165, 1.54) is 17.4 Å². The summed E-state index contributed by atoms with van der Waals surface area (Å²) in [7, 11) is 0. The number of aryl methyl sites for hydroxylation is 1. The molecular formula is C23H24N4O2S. The Kier molecular flexibility index (Phi) is 4.50. The second-order valence-corrected chi connectivity index (χ2v) is 9.42. The summed E-state index contributed by atoms with van der Waals surface area (Å²) in [6.45, 7) is 7.18. The Labute approximate surface area is 179 Å². The summed E-state index contributed by atoms with van der Waals surface area (Å²) in [5.41, 5.74) is 3.17. The first-order valence-corrected chi connectivity index (χ1v) is 11.1. The van der Waals surface area contributed by atoms with Crippen LogP contribution >= 0.6 is 11.3 Å². The molecule has 1 aliphatic heterocycles. The number of nitrogens with zero attached hydrogens (tertiary/aromatic N) is 3. The molecule has 1 aliphatic carbocycles. The van der Waals surface area contributed by atoms with Crippen molar-refractivity contribution in [2.24, 2.45) is 5.41 Å². The second kappa shape index (κ2) is 7.09. The van der Waals surface area contributed by atoms with Gasteiger partial charge in [-0.15, -0.1) is 11.3 Å². The molecule has 2 fully saturated rings. The highest BCUT2D eigenvalue weighted by atomic mass is 32.1. The number of likely N-dealkylation sites (tertiary alicyclic amines) is 1. The van der Waals surface area contributed by atoms with Gasteiger partial charge in [0.05, 0.1) is 15.9 Å². The van der Waals surface area contributed by atoms with Crippen molar-refractivity contribution in [1.29, 1.82) is 0 Å². The van der Waals surface area contributed by atoms with Gasteiger partial charge >= 0.3 is 0 Å². The molecule has 3 heterocycles. The summed E-state index contributed by atoms with van der Waals surface area (Å²) in [6.07, 6.45) is 4.38. The Bertz CT molecular complexity index is 1160. The Morgan fingerprint density at radius 2 is 2.13 bits per heavy atom. The van der Waals surface area contributed by atoms with Crippen molar-refractivity contribution in [2.75, 3.05) is 18.4 Å². The zero-order valence-corrected chi connectivity index (χ0v) is 17.7. The molecule has 2 amide bonds. The largest absolute Gasteiger partial charge is 0.339 e. The molecule has 2 aromatic heterocycles. The van der Waals surface area contributed by atoms with Crippen LogP contribution in [0.3, 0.4) is 0 Å². The maximum absolute atomic E-state index is 12.8. The van der Waals surface area contributed by atoms with E-state index in [1.807, 2.05) is 41.5 Å². The van der Waals surface area contributed by atoms with Gasteiger partial charge in [0, 0.05) is 19.1 Å². The smallest absolute Gasteiger partial charge is 0.268 e. The van der Waals surface area contributed by atoms with Gasteiger partial charge < -0.3 is 9.47 Å². The Morgan fingerprint density at radius 1 is 1.33 bits per heavy atom. The van der Waals surface area contributed by atoms with E-state index in [9.17, 15) is 9.59 Å². The summed E-state index contributed by atoms with van der Waals surface area (Å²) < 4.78 is 2.18. The summed E-state index contributed by atoms with van der Waals surface area (Å²) >= 11 is 1.44. The molecule has 154 valence electrons. The van der Waals surface area contributed by atoms with Crippen LogP contribution in [-0.4, -0.2) is 39.4 Å². The van der Waals surface area contributed by atoms with Crippen molar-refractivity contribution >= 4 is 40.1 Å². The normalized spacial score (nSPS) is 23.0. The van der Waals surface area contributed by atoms with Crippen LogP contribution in [0.4, 0.5) is 5.95 Å². The standard InChI is InChI=1S/C23H24N4O2S/c1-3-20(28)26-9-8-23(14-26)11-16(12-23)27-18-7-5-4-6-17(18)24-22(27)25-21(29)19-10-15(2)13-30-19/h3-7,10,13,16H,1,8-9,11-12,14H2,2H3,(H,24,25,29). The van der Waals surface area contributed by atoms with E-state index >= 15 is 0 Å². The van der Waals surface area contributed by atoms with Gasteiger partial charge in [0.25, 0.3) is 5.91 Å². The third kappa shape index (κ3) is 3.13. The van der Waals surface area contributed by atoms with Crippen molar-refractivity contribution in [3.05, 3.63) is 58.8 Å². The maximum atomic E-state index is 12.8. The van der Waals surface area contributed by atoms with E-state index in [-0.39, 0.29) is 23.3 Å². The number of carbonyl (C=O) groups is 2. The third-order valence-corrected chi connectivity index (χ3v) is 7.45. The molecular weight excluding hydrogens is 396 g/mol. The predicted molar refractivity (Wildman–Crippen MR) is 119 cm³/mol. The van der Waals surface area contributed by atoms with Crippen LogP contribution in [0, 0.1) is 12.3 Å². The highest BCUT2D eigenvalue weighted by Crippen LogP contribution is 2.55. The molecule has 7 heteroatoms. The maximum Gasteiger partial charge on any atom is 0.268 e. The first kappa shape index (κ1) is 19.1. The minimum absolute atomic E-state index is 0.0163. The van der Waals surface area contributed by atoms with Crippen molar-refractivity contribution in [3.8, 4) is 0 Å². The van der Waals surface area contributed by atoms with Crippen LogP contribution in [0.25, 0.3) is 11.0 Å².